The summed E-state index contributed by atoms with van der Waals surface area (Å²) in [4.78, 5) is 0. The van der Waals surface area contributed by atoms with Gasteiger partial charge >= 0.3 is 0 Å². The van der Waals surface area contributed by atoms with Crippen LogP contribution in [0.1, 0.15) is 39.5 Å². The molecule has 0 aromatic carbocycles. The summed E-state index contributed by atoms with van der Waals surface area (Å²) in [5, 5.41) is 8.25. The van der Waals surface area contributed by atoms with Gasteiger partial charge in [-0.2, -0.15) is 9.57 Å². The lowest BCUT2D eigenvalue weighted by molar-refractivity contribution is 0.347. The highest BCUT2D eigenvalue weighted by atomic mass is 32.2. The van der Waals surface area contributed by atoms with E-state index < -0.39 is 15.3 Å². The lowest BCUT2D eigenvalue weighted by Crippen LogP contribution is -2.42. The van der Waals surface area contributed by atoms with Gasteiger partial charge in [0.05, 0.1) is 11.3 Å². The van der Waals surface area contributed by atoms with E-state index in [1.54, 1.807) is 13.8 Å². The van der Waals surface area contributed by atoms with Crippen LogP contribution in [0.2, 0.25) is 0 Å². The van der Waals surface area contributed by atoms with Crippen LogP contribution in [0.25, 0.3) is 0 Å². The smallest absolute Gasteiger partial charge is 0.212 e. The number of nitrogens with zero attached hydrogens (tertiary/aromatic N) is 2. The van der Waals surface area contributed by atoms with Gasteiger partial charge in [-0.1, -0.05) is 12.8 Å². The van der Waals surface area contributed by atoms with Crippen LogP contribution in [-0.4, -0.2) is 30.6 Å². The van der Waals surface area contributed by atoms with Crippen molar-refractivity contribution in [3.8, 4) is 6.07 Å². The average Bonchev–Trinajstić information content (AvgIpc) is 2.66. The predicted molar refractivity (Wildman–Crippen MR) is 58.6 cm³/mol. The van der Waals surface area contributed by atoms with Crippen molar-refractivity contribution in [3.05, 3.63) is 0 Å². The fraction of sp³-hybridized carbons (Fsp3) is 0.900. The molecule has 0 unspecified atom stereocenters. The van der Waals surface area contributed by atoms with E-state index in [9.17, 15) is 8.42 Å². The van der Waals surface area contributed by atoms with Gasteiger partial charge in [0.2, 0.25) is 10.0 Å². The highest BCUT2D eigenvalue weighted by Gasteiger charge is 2.33. The molecule has 4 nitrogen and oxygen atoms in total. The Bertz CT molecular complexity index is 337. The molecular weight excluding hydrogens is 212 g/mol. The molecule has 1 aliphatic rings. The van der Waals surface area contributed by atoms with Gasteiger partial charge in [-0.25, -0.2) is 8.42 Å². The van der Waals surface area contributed by atoms with E-state index in [2.05, 4.69) is 0 Å². The molecule has 0 aromatic heterocycles. The first-order valence-corrected chi connectivity index (χ1v) is 6.88. The van der Waals surface area contributed by atoms with Crippen molar-refractivity contribution in [2.75, 3.05) is 6.54 Å². The second-order valence-electron chi connectivity index (χ2n) is 4.24. The van der Waals surface area contributed by atoms with Crippen molar-refractivity contribution >= 4 is 10.0 Å². The molecule has 0 spiro atoms. The molecule has 0 aliphatic heterocycles. The zero-order valence-electron chi connectivity index (χ0n) is 9.31. The molecule has 0 N–H and O–H groups in total. The summed E-state index contributed by atoms with van der Waals surface area (Å²) in [5.41, 5.74) is 0. The lowest BCUT2D eigenvalue weighted by Gasteiger charge is -2.27. The summed E-state index contributed by atoms with van der Waals surface area (Å²) in [7, 11) is -3.27. The summed E-state index contributed by atoms with van der Waals surface area (Å²) in [5.74, 6) is 0. The summed E-state index contributed by atoms with van der Waals surface area (Å²) < 4.78 is 25.4. The molecule has 0 atom stereocenters. The summed E-state index contributed by atoms with van der Waals surface area (Å²) in [6, 6.07) is 2.01. The molecule has 15 heavy (non-hydrogen) atoms. The van der Waals surface area contributed by atoms with Crippen LogP contribution >= 0.6 is 0 Å². The molecule has 0 saturated heterocycles. The maximum atomic E-state index is 12.0. The minimum Gasteiger partial charge on any atom is -0.212 e. The van der Waals surface area contributed by atoms with Gasteiger partial charge in [0.15, 0.2) is 0 Å². The molecule has 1 rings (SSSR count). The normalized spacial score (nSPS) is 18.6. The number of rotatable bonds is 4. The standard InChI is InChI=1S/C10H18N2O2S/c1-9(2)15(13,14)12(8-7-11)10-5-3-4-6-10/h9-10H,3-6,8H2,1-2H3. The second-order valence-corrected chi connectivity index (χ2v) is 6.68. The largest absolute Gasteiger partial charge is 0.217 e. The molecule has 5 heteroatoms. The fourth-order valence-electron chi connectivity index (χ4n) is 1.96. The number of hydrogen-bond acceptors (Lipinski definition) is 3. The van der Waals surface area contributed by atoms with Crippen molar-refractivity contribution in [1.29, 1.82) is 5.26 Å². The van der Waals surface area contributed by atoms with E-state index in [1.165, 1.54) is 4.31 Å². The van der Waals surface area contributed by atoms with E-state index in [4.69, 9.17) is 5.26 Å². The van der Waals surface area contributed by atoms with Gasteiger partial charge in [-0.05, 0) is 26.7 Å². The fourth-order valence-corrected chi connectivity index (χ4v) is 3.37. The predicted octanol–water partition coefficient (Wildman–Crippen LogP) is 1.49. The summed E-state index contributed by atoms with van der Waals surface area (Å²) >= 11 is 0. The van der Waals surface area contributed by atoms with Crippen LogP contribution in [0.3, 0.4) is 0 Å². The third-order valence-electron chi connectivity index (χ3n) is 2.88. The van der Waals surface area contributed by atoms with Crippen LogP contribution in [0.4, 0.5) is 0 Å². The lowest BCUT2D eigenvalue weighted by atomic mass is 10.2. The molecule has 0 heterocycles. The van der Waals surface area contributed by atoms with Gasteiger partial charge in [0.25, 0.3) is 0 Å². The number of nitriles is 1. The number of hydrogen-bond donors (Lipinski definition) is 0. The quantitative estimate of drug-likeness (QED) is 0.687. The summed E-state index contributed by atoms with van der Waals surface area (Å²) in [6.45, 7) is 3.31. The third kappa shape index (κ3) is 2.70. The SMILES string of the molecule is CC(C)S(=O)(=O)N(CC#N)C1CCCC1. The monoisotopic (exact) mass is 230 g/mol. The molecule has 86 valence electrons. The first-order chi connectivity index (χ1) is 7.00. The van der Waals surface area contributed by atoms with E-state index in [0.29, 0.717) is 0 Å². The zero-order valence-corrected chi connectivity index (χ0v) is 10.1. The van der Waals surface area contributed by atoms with Gasteiger partial charge in [-0.15, -0.1) is 0 Å². The Labute approximate surface area is 91.9 Å². The first-order valence-electron chi connectivity index (χ1n) is 5.37. The highest BCUT2D eigenvalue weighted by Crippen LogP contribution is 2.26. The molecule has 1 aliphatic carbocycles. The Morgan fingerprint density at radius 2 is 1.93 bits per heavy atom. The van der Waals surface area contributed by atoms with E-state index in [-0.39, 0.29) is 12.6 Å². The van der Waals surface area contributed by atoms with Crippen LogP contribution in [0.15, 0.2) is 0 Å². The minimum absolute atomic E-state index is 0.00875. The van der Waals surface area contributed by atoms with Gasteiger partial charge in [0, 0.05) is 6.04 Å². The Kier molecular flexibility index (Phi) is 4.12. The highest BCUT2D eigenvalue weighted by molar-refractivity contribution is 7.89. The molecule has 1 saturated carbocycles. The van der Waals surface area contributed by atoms with Crippen molar-refractivity contribution in [2.45, 2.75) is 50.8 Å². The van der Waals surface area contributed by atoms with Gasteiger partial charge in [0.1, 0.15) is 6.54 Å². The van der Waals surface area contributed by atoms with E-state index in [0.717, 1.165) is 25.7 Å². The Morgan fingerprint density at radius 1 is 1.40 bits per heavy atom. The minimum atomic E-state index is -3.27. The number of sulfonamides is 1. The average molecular weight is 230 g/mol. The molecule has 0 bridgehead atoms. The Morgan fingerprint density at radius 3 is 2.33 bits per heavy atom. The molecule has 1 fully saturated rings. The van der Waals surface area contributed by atoms with Crippen molar-refractivity contribution in [1.82, 2.24) is 4.31 Å². The summed E-state index contributed by atoms with van der Waals surface area (Å²) in [6.07, 6.45) is 3.93. The van der Waals surface area contributed by atoms with Gasteiger partial charge in [-0.3, -0.25) is 0 Å². The molecule has 0 radical (unpaired) electrons. The zero-order chi connectivity index (χ0) is 11.5. The van der Waals surface area contributed by atoms with Crippen molar-refractivity contribution < 1.29 is 8.42 Å². The van der Waals surface area contributed by atoms with Crippen LogP contribution in [-0.2, 0) is 10.0 Å². The maximum absolute atomic E-state index is 12.0. The second kappa shape index (κ2) is 4.95. The topological polar surface area (TPSA) is 61.2 Å². The Balaban J connectivity index is 2.87. The maximum Gasteiger partial charge on any atom is 0.217 e. The van der Waals surface area contributed by atoms with Crippen LogP contribution < -0.4 is 0 Å². The van der Waals surface area contributed by atoms with E-state index >= 15 is 0 Å². The Hall–Kier alpha value is -0.600. The van der Waals surface area contributed by atoms with Crippen molar-refractivity contribution in [3.63, 3.8) is 0 Å². The van der Waals surface area contributed by atoms with Crippen LogP contribution in [0.5, 0.6) is 0 Å². The molecular formula is C10H18N2O2S. The van der Waals surface area contributed by atoms with E-state index in [1.807, 2.05) is 6.07 Å². The first kappa shape index (κ1) is 12.5. The third-order valence-corrected chi connectivity index (χ3v) is 5.15. The molecule has 0 aromatic rings. The van der Waals surface area contributed by atoms with Crippen molar-refractivity contribution in [2.24, 2.45) is 0 Å². The molecule has 0 amide bonds. The van der Waals surface area contributed by atoms with Gasteiger partial charge < -0.3 is 0 Å². The van der Waals surface area contributed by atoms with Crippen LogP contribution in [0, 0.1) is 11.3 Å².